The molecule has 0 amide bonds. The number of hydrogen-bond acceptors (Lipinski definition) is 4. The van der Waals surface area contributed by atoms with Gasteiger partial charge >= 0.3 is 0 Å². The zero-order valence-electron chi connectivity index (χ0n) is 8.84. The first-order valence-electron chi connectivity index (χ1n) is 5.28. The minimum Gasteiger partial charge on any atom is -0.360 e. The lowest BCUT2D eigenvalue weighted by molar-refractivity contribution is 0.180. The maximum Gasteiger partial charge on any atom is 0.205 e. The molecule has 1 aromatic heterocycles. The average molecular weight is 211 g/mol. The first kappa shape index (κ1) is 9.90. The number of nitrogens with zero attached hydrogens (tertiary/aromatic N) is 2. The van der Waals surface area contributed by atoms with Crippen LogP contribution in [0.15, 0.2) is 0 Å². The number of aromatic nitrogens is 2. The summed E-state index contributed by atoms with van der Waals surface area (Å²) >= 11 is 1.67. The average Bonchev–Trinajstić information content (AvgIpc) is 2.59. The lowest BCUT2D eigenvalue weighted by atomic mass is 9.70. The highest BCUT2D eigenvalue weighted by molar-refractivity contribution is 7.15. The van der Waals surface area contributed by atoms with E-state index in [1.165, 1.54) is 19.3 Å². The van der Waals surface area contributed by atoms with E-state index in [-0.39, 0.29) is 0 Å². The number of anilines is 1. The van der Waals surface area contributed by atoms with Gasteiger partial charge in [-0.2, -0.15) is 0 Å². The molecule has 1 aliphatic carbocycles. The van der Waals surface area contributed by atoms with Crippen molar-refractivity contribution in [2.75, 3.05) is 11.9 Å². The van der Waals surface area contributed by atoms with Gasteiger partial charge in [-0.1, -0.05) is 31.6 Å². The third kappa shape index (κ3) is 2.05. The first-order chi connectivity index (χ1) is 6.72. The zero-order chi connectivity index (χ0) is 10.0. The molecule has 0 atom stereocenters. The summed E-state index contributed by atoms with van der Waals surface area (Å²) in [5.41, 5.74) is 0.512. The molecule has 1 fully saturated rings. The highest BCUT2D eigenvalue weighted by Crippen LogP contribution is 2.40. The third-order valence-corrected chi connectivity index (χ3v) is 4.02. The van der Waals surface area contributed by atoms with E-state index in [1.54, 1.807) is 11.3 Å². The molecule has 1 N–H and O–H groups in total. The van der Waals surface area contributed by atoms with Crippen molar-refractivity contribution in [3.8, 4) is 0 Å². The predicted molar refractivity (Wildman–Crippen MR) is 59.7 cm³/mol. The van der Waals surface area contributed by atoms with Crippen LogP contribution in [0, 0.1) is 5.41 Å². The molecular formula is C10H17N3S. The molecule has 78 valence electrons. The summed E-state index contributed by atoms with van der Waals surface area (Å²) in [4.78, 5) is 0. The summed E-state index contributed by atoms with van der Waals surface area (Å²) in [6, 6.07) is 0. The van der Waals surface area contributed by atoms with Crippen molar-refractivity contribution in [3.05, 3.63) is 5.01 Å². The van der Waals surface area contributed by atoms with Gasteiger partial charge in [0.25, 0.3) is 0 Å². The smallest absolute Gasteiger partial charge is 0.205 e. The number of aryl methyl sites for hydroxylation is 1. The fourth-order valence-electron chi connectivity index (χ4n) is 1.71. The van der Waals surface area contributed by atoms with E-state index in [1.807, 2.05) is 0 Å². The summed E-state index contributed by atoms with van der Waals surface area (Å²) in [6.45, 7) is 5.49. The standard InChI is InChI=1S/C10H17N3S/c1-3-8-12-13-9(14-8)11-7-10(2)5-4-6-10/h3-7H2,1-2H3,(H,11,13). The zero-order valence-corrected chi connectivity index (χ0v) is 9.65. The van der Waals surface area contributed by atoms with Gasteiger partial charge in [-0.05, 0) is 24.7 Å². The molecule has 1 heterocycles. The van der Waals surface area contributed by atoms with Gasteiger partial charge in [-0.3, -0.25) is 0 Å². The normalized spacial score (nSPS) is 19.0. The fourth-order valence-corrected chi connectivity index (χ4v) is 2.39. The number of rotatable bonds is 4. The molecule has 2 rings (SSSR count). The Balaban J connectivity index is 1.85. The molecule has 0 unspecified atom stereocenters. The second-order valence-corrected chi connectivity index (χ2v) is 5.43. The van der Waals surface area contributed by atoms with Crippen LogP contribution in [-0.2, 0) is 6.42 Å². The third-order valence-electron chi connectivity index (χ3n) is 3.00. The Bertz CT molecular complexity index is 304. The molecule has 4 heteroatoms. The van der Waals surface area contributed by atoms with Crippen LogP contribution in [0.25, 0.3) is 0 Å². The first-order valence-corrected chi connectivity index (χ1v) is 6.10. The lowest BCUT2D eigenvalue weighted by Crippen LogP contribution is -2.33. The Labute approximate surface area is 88.9 Å². The molecule has 1 saturated carbocycles. The van der Waals surface area contributed by atoms with Gasteiger partial charge in [-0.25, -0.2) is 0 Å². The van der Waals surface area contributed by atoms with Crippen LogP contribution in [0.3, 0.4) is 0 Å². The summed E-state index contributed by atoms with van der Waals surface area (Å²) in [5.74, 6) is 0. The topological polar surface area (TPSA) is 37.8 Å². The molecule has 1 aromatic rings. The van der Waals surface area contributed by atoms with Gasteiger partial charge in [0.15, 0.2) is 0 Å². The van der Waals surface area contributed by atoms with E-state index in [4.69, 9.17) is 0 Å². The minimum atomic E-state index is 0.512. The fraction of sp³-hybridized carbons (Fsp3) is 0.800. The van der Waals surface area contributed by atoms with Crippen LogP contribution in [-0.4, -0.2) is 16.7 Å². The largest absolute Gasteiger partial charge is 0.360 e. The lowest BCUT2D eigenvalue weighted by Gasteiger charge is -2.38. The molecule has 1 aliphatic rings. The van der Waals surface area contributed by atoms with Crippen molar-refractivity contribution in [1.29, 1.82) is 0 Å². The van der Waals surface area contributed by atoms with E-state index in [2.05, 4.69) is 29.4 Å². The van der Waals surface area contributed by atoms with Gasteiger partial charge in [0.05, 0.1) is 0 Å². The van der Waals surface area contributed by atoms with Crippen molar-refractivity contribution in [3.63, 3.8) is 0 Å². The highest BCUT2D eigenvalue weighted by Gasteiger charge is 2.31. The molecule has 0 aromatic carbocycles. The van der Waals surface area contributed by atoms with E-state index >= 15 is 0 Å². The summed E-state index contributed by atoms with van der Waals surface area (Å²) in [6.07, 6.45) is 5.06. The maximum atomic E-state index is 4.11. The Kier molecular flexibility index (Phi) is 2.72. The minimum absolute atomic E-state index is 0.512. The van der Waals surface area contributed by atoms with Gasteiger partial charge in [0.1, 0.15) is 5.01 Å². The molecule has 0 radical (unpaired) electrons. The van der Waals surface area contributed by atoms with E-state index in [0.717, 1.165) is 23.1 Å². The van der Waals surface area contributed by atoms with Gasteiger partial charge in [0, 0.05) is 6.54 Å². The Morgan fingerprint density at radius 3 is 2.71 bits per heavy atom. The van der Waals surface area contributed by atoms with Crippen LogP contribution in [0.2, 0.25) is 0 Å². The van der Waals surface area contributed by atoms with E-state index in [9.17, 15) is 0 Å². The maximum absolute atomic E-state index is 4.11. The number of nitrogens with one attached hydrogen (secondary N) is 1. The van der Waals surface area contributed by atoms with Crippen LogP contribution in [0.4, 0.5) is 5.13 Å². The van der Waals surface area contributed by atoms with Crippen molar-refractivity contribution in [1.82, 2.24) is 10.2 Å². The van der Waals surface area contributed by atoms with E-state index < -0.39 is 0 Å². The highest BCUT2D eigenvalue weighted by atomic mass is 32.1. The van der Waals surface area contributed by atoms with Gasteiger partial charge < -0.3 is 5.32 Å². The van der Waals surface area contributed by atoms with Gasteiger partial charge in [0.2, 0.25) is 5.13 Å². The van der Waals surface area contributed by atoms with Crippen molar-refractivity contribution >= 4 is 16.5 Å². The Morgan fingerprint density at radius 2 is 2.21 bits per heavy atom. The monoisotopic (exact) mass is 211 g/mol. The van der Waals surface area contributed by atoms with E-state index in [0.29, 0.717) is 5.41 Å². The van der Waals surface area contributed by atoms with Gasteiger partial charge in [-0.15, -0.1) is 10.2 Å². The van der Waals surface area contributed by atoms with Crippen LogP contribution >= 0.6 is 11.3 Å². The quantitative estimate of drug-likeness (QED) is 0.832. The molecular weight excluding hydrogens is 194 g/mol. The van der Waals surface area contributed by atoms with Crippen LogP contribution < -0.4 is 5.32 Å². The summed E-state index contributed by atoms with van der Waals surface area (Å²) in [5, 5.41) is 13.7. The second kappa shape index (κ2) is 3.85. The molecule has 3 nitrogen and oxygen atoms in total. The number of hydrogen-bond donors (Lipinski definition) is 1. The Hall–Kier alpha value is -0.640. The second-order valence-electron chi connectivity index (χ2n) is 4.37. The van der Waals surface area contributed by atoms with Crippen molar-refractivity contribution < 1.29 is 0 Å². The predicted octanol–water partition coefficient (Wildman–Crippen LogP) is 2.70. The van der Waals surface area contributed by atoms with Crippen molar-refractivity contribution in [2.24, 2.45) is 5.41 Å². The molecule has 14 heavy (non-hydrogen) atoms. The SMILES string of the molecule is CCc1nnc(NCC2(C)CCC2)s1. The molecule has 0 saturated heterocycles. The van der Waals surface area contributed by atoms with Crippen molar-refractivity contribution in [2.45, 2.75) is 39.5 Å². The summed E-state index contributed by atoms with van der Waals surface area (Å²) in [7, 11) is 0. The van der Waals surface area contributed by atoms with Crippen LogP contribution in [0.1, 0.15) is 38.1 Å². The van der Waals surface area contributed by atoms with Crippen LogP contribution in [0.5, 0.6) is 0 Å². The summed E-state index contributed by atoms with van der Waals surface area (Å²) < 4.78 is 0. The molecule has 0 bridgehead atoms. The molecule has 0 aliphatic heterocycles. The molecule has 0 spiro atoms. The Morgan fingerprint density at radius 1 is 1.43 bits per heavy atom.